The molecule has 0 bridgehead atoms. The van der Waals surface area contributed by atoms with E-state index in [2.05, 4.69) is 37.9 Å². The zero-order valence-corrected chi connectivity index (χ0v) is 18.0. The Balaban J connectivity index is 1.97. The zero-order chi connectivity index (χ0) is 18.4. The summed E-state index contributed by atoms with van der Waals surface area (Å²) in [5.41, 5.74) is 0.458. The van der Waals surface area contributed by atoms with Gasteiger partial charge in [0.25, 0.3) is 0 Å². The lowest BCUT2D eigenvalue weighted by atomic mass is 9.73. The number of rotatable bonds is 15. The molecule has 1 aliphatic heterocycles. The summed E-state index contributed by atoms with van der Waals surface area (Å²) in [6, 6.07) is 0. The highest BCUT2D eigenvalue weighted by molar-refractivity contribution is 4.85. The van der Waals surface area contributed by atoms with Gasteiger partial charge in [-0.3, -0.25) is 0 Å². The smallest absolute Gasteiger partial charge is 0.000507 e. The van der Waals surface area contributed by atoms with Crippen LogP contribution in [-0.4, -0.2) is 37.6 Å². The van der Waals surface area contributed by atoms with Crippen LogP contribution in [0.5, 0.6) is 0 Å². The molecule has 25 heavy (non-hydrogen) atoms. The Bertz CT molecular complexity index is 292. The summed E-state index contributed by atoms with van der Waals surface area (Å²) in [7, 11) is 0. The first-order valence-corrected chi connectivity index (χ1v) is 11.5. The quantitative estimate of drug-likeness (QED) is 0.350. The van der Waals surface area contributed by atoms with Crippen LogP contribution in [0.1, 0.15) is 105 Å². The lowest BCUT2D eigenvalue weighted by Crippen LogP contribution is -2.43. The van der Waals surface area contributed by atoms with E-state index in [4.69, 9.17) is 0 Å². The van der Waals surface area contributed by atoms with Crippen molar-refractivity contribution in [1.29, 1.82) is 0 Å². The lowest BCUT2D eigenvalue weighted by molar-refractivity contribution is 0.0986. The molecule has 1 saturated heterocycles. The molecule has 0 aliphatic carbocycles. The first-order valence-electron chi connectivity index (χ1n) is 11.5. The second-order valence-corrected chi connectivity index (χ2v) is 9.07. The highest BCUT2D eigenvalue weighted by Crippen LogP contribution is 2.34. The minimum Gasteiger partial charge on any atom is -0.316 e. The van der Waals surface area contributed by atoms with Crippen LogP contribution in [0, 0.1) is 11.3 Å². The van der Waals surface area contributed by atoms with Crippen LogP contribution < -0.4 is 5.32 Å². The minimum atomic E-state index is 0.458. The number of unbranched alkanes of at least 4 members (excludes halogenated alkanes) is 9. The molecule has 0 aromatic heterocycles. The van der Waals surface area contributed by atoms with Crippen LogP contribution in [0.15, 0.2) is 0 Å². The second kappa shape index (κ2) is 14.0. The van der Waals surface area contributed by atoms with E-state index in [1.807, 2.05) is 0 Å². The largest absolute Gasteiger partial charge is 0.316 e. The molecule has 0 unspecified atom stereocenters. The van der Waals surface area contributed by atoms with Crippen molar-refractivity contribution in [3.8, 4) is 0 Å². The number of likely N-dealkylation sites (tertiary alicyclic amines) is 1. The van der Waals surface area contributed by atoms with Crippen LogP contribution in [0.4, 0.5) is 0 Å². The van der Waals surface area contributed by atoms with Crippen molar-refractivity contribution in [2.24, 2.45) is 11.3 Å². The topological polar surface area (TPSA) is 15.3 Å². The van der Waals surface area contributed by atoms with E-state index in [0.29, 0.717) is 5.41 Å². The molecular formula is C23H48N2. The van der Waals surface area contributed by atoms with E-state index in [-0.39, 0.29) is 0 Å². The molecule has 1 aliphatic rings. The van der Waals surface area contributed by atoms with Gasteiger partial charge >= 0.3 is 0 Å². The highest BCUT2D eigenvalue weighted by atomic mass is 15.1. The third-order valence-corrected chi connectivity index (χ3v) is 6.35. The summed E-state index contributed by atoms with van der Waals surface area (Å²) >= 11 is 0. The second-order valence-electron chi connectivity index (χ2n) is 9.07. The average molecular weight is 353 g/mol. The minimum absolute atomic E-state index is 0.458. The number of nitrogens with zero attached hydrogens (tertiary/aromatic N) is 1. The molecule has 0 aromatic carbocycles. The van der Waals surface area contributed by atoms with Crippen molar-refractivity contribution < 1.29 is 0 Å². The molecule has 1 heterocycles. The standard InChI is InChI=1S/C23H48N2/c1-5-7-8-9-10-11-12-13-14-15-18-25-19-16-22(17-20-25)23(3,4)21-24-6-2/h22,24H,5-21H2,1-4H3. The van der Waals surface area contributed by atoms with Crippen LogP contribution in [0.3, 0.4) is 0 Å². The molecule has 0 spiro atoms. The molecule has 2 nitrogen and oxygen atoms in total. The maximum Gasteiger partial charge on any atom is 0.000507 e. The van der Waals surface area contributed by atoms with Crippen LogP contribution >= 0.6 is 0 Å². The summed E-state index contributed by atoms with van der Waals surface area (Å²) in [6.07, 6.45) is 17.2. The van der Waals surface area contributed by atoms with Crippen LogP contribution in [0.25, 0.3) is 0 Å². The van der Waals surface area contributed by atoms with E-state index in [0.717, 1.165) is 12.5 Å². The van der Waals surface area contributed by atoms with Gasteiger partial charge in [0.2, 0.25) is 0 Å². The van der Waals surface area contributed by atoms with E-state index in [1.165, 1.54) is 103 Å². The monoisotopic (exact) mass is 352 g/mol. The summed E-state index contributed by atoms with van der Waals surface area (Å²) in [5.74, 6) is 0.899. The normalized spacial score (nSPS) is 17.3. The van der Waals surface area contributed by atoms with Crippen molar-refractivity contribution in [3.05, 3.63) is 0 Å². The number of nitrogens with one attached hydrogen (secondary N) is 1. The molecule has 0 saturated carbocycles. The third-order valence-electron chi connectivity index (χ3n) is 6.35. The summed E-state index contributed by atoms with van der Waals surface area (Å²) in [5, 5.41) is 3.56. The Hall–Kier alpha value is -0.0800. The maximum absolute atomic E-state index is 3.56. The zero-order valence-electron chi connectivity index (χ0n) is 18.0. The number of hydrogen-bond acceptors (Lipinski definition) is 2. The van der Waals surface area contributed by atoms with Gasteiger partial charge < -0.3 is 10.2 Å². The third kappa shape index (κ3) is 10.6. The Morgan fingerprint density at radius 3 is 1.84 bits per heavy atom. The van der Waals surface area contributed by atoms with Gasteiger partial charge in [-0.2, -0.15) is 0 Å². The predicted molar refractivity (Wildman–Crippen MR) is 113 cm³/mol. The number of piperidine rings is 1. The number of hydrogen-bond donors (Lipinski definition) is 1. The molecule has 2 heteroatoms. The van der Waals surface area contributed by atoms with Crippen LogP contribution in [0.2, 0.25) is 0 Å². The molecular weight excluding hydrogens is 304 g/mol. The fraction of sp³-hybridized carbons (Fsp3) is 1.00. The van der Waals surface area contributed by atoms with Crippen molar-refractivity contribution in [2.45, 2.75) is 105 Å². The lowest BCUT2D eigenvalue weighted by Gasteiger charge is -2.41. The van der Waals surface area contributed by atoms with E-state index in [1.54, 1.807) is 0 Å². The van der Waals surface area contributed by atoms with Gasteiger partial charge in [-0.1, -0.05) is 85.5 Å². The van der Waals surface area contributed by atoms with Gasteiger partial charge in [-0.15, -0.1) is 0 Å². The summed E-state index contributed by atoms with van der Waals surface area (Å²) in [6.45, 7) is 15.7. The molecule has 1 N–H and O–H groups in total. The maximum atomic E-state index is 3.56. The van der Waals surface area contributed by atoms with Gasteiger partial charge in [0.1, 0.15) is 0 Å². The molecule has 0 atom stereocenters. The van der Waals surface area contributed by atoms with Crippen molar-refractivity contribution in [2.75, 3.05) is 32.7 Å². The average Bonchev–Trinajstić information content (AvgIpc) is 2.62. The van der Waals surface area contributed by atoms with E-state index >= 15 is 0 Å². The Kier molecular flexibility index (Phi) is 12.9. The predicted octanol–water partition coefficient (Wildman–Crippen LogP) is 6.26. The van der Waals surface area contributed by atoms with E-state index < -0.39 is 0 Å². The van der Waals surface area contributed by atoms with Crippen molar-refractivity contribution in [1.82, 2.24) is 10.2 Å². The fourth-order valence-corrected chi connectivity index (χ4v) is 4.35. The van der Waals surface area contributed by atoms with Crippen molar-refractivity contribution in [3.63, 3.8) is 0 Å². The van der Waals surface area contributed by atoms with Crippen LogP contribution in [-0.2, 0) is 0 Å². The van der Waals surface area contributed by atoms with Gasteiger partial charge in [0.15, 0.2) is 0 Å². The molecule has 0 aromatic rings. The summed E-state index contributed by atoms with van der Waals surface area (Å²) in [4.78, 5) is 2.73. The Morgan fingerprint density at radius 1 is 0.800 bits per heavy atom. The molecule has 0 radical (unpaired) electrons. The van der Waals surface area contributed by atoms with Gasteiger partial charge in [-0.05, 0) is 56.8 Å². The van der Waals surface area contributed by atoms with Gasteiger partial charge in [0, 0.05) is 6.54 Å². The van der Waals surface area contributed by atoms with Gasteiger partial charge in [-0.25, -0.2) is 0 Å². The Labute approximate surface area is 159 Å². The SMILES string of the molecule is CCCCCCCCCCCCN1CCC(C(C)(C)CNCC)CC1. The molecule has 1 fully saturated rings. The summed E-state index contributed by atoms with van der Waals surface area (Å²) < 4.78 is 0. The highest BCUT2D eigenvalue weighted by Gasteiger charge is 2.31. The fourth-order valence-electron chi connectivity index (χ4n) is 4.35. The molecule has 1 rings (SSSR count). The molecule has 0 amide bonds. The van der Waals surface area contributed by atoms with Gasteiger partial charge in [0.05, 0.1) is 0 Å². The first kappa shape index (κ1) is 23.0. The first-order chi connectivity index (χ1) is 12.1. The van der Waals surface area contributed by atoms with Crippen molar-refractivity contribution >= 4 is 0 Å². The van der Waals surface area contributed by atoms with E-state index in [9.17, 15) is 0 Å². The Morgan fingerprint density at radius 2 is 1.32 bits per heavy atom. The molecule has 150 valence electrons.